The fourth-order valence-corrected chi connectivity index (χ4v) is 7.91. The monoisotopic (exact) mass is 431 g/mol. The molecule has 2 heteroatoms. The van der Waals surface area contributed by atoms with E-state index in [2.05, 4.69) is 109 Å². The molecule has 0 saturated carbocycles. The molecule has 0 aliphatic carbocycles. The van der Waals surface area contributed by atoms with Gasteiger partial charge in [0.2, 0.25) is 0 Å². The first-order valence-electron chi connectivity index (χ1n) is 10.9. The summed E-state index contributed by atoms with van der Waals surface area (Å²) in [4.78, 5) is 0. The Hall–Kier alpha value is -2.00. The first-order chi connectivity index (χ1) is 14.8. The van der Waals surface area contributed by atoms with Gasteiger partial charge in [0.1, 0.15) is 0 Å². The van der Waals surface area contributed by atoms with E-state index in [9.17, 15) is 0 Å². The maximum atomic E-state index is 3.87. The first-order valence-corrected chi connectivity index (χ1v) is 14.2. The van der Waals surface area contributed by atoms with Crippen molar-refractivity contribution in [2.45, 2.75) is 26.2 Å². The lowest BCUT2D eigenvalue weighted by atomic mass is 10.2. The quantitative estimate of drug-likeness (QED) is 0.238. The van der Waals surface area contributed by atoms with E-state index in [1.165, 1.54) is 35.2 Å². The highest BCUT2D eigenvalue weighted by molar-refractivity contribution is 8.04. The second-order valence-corrected chi connectivity index (χ2v) is 12.6. The molecule has 0 atom stereocenters. The third-order valence-corrected chi connectivity index (χ3v) is 10.0. The zero-order valence-corrected chi connectivity index (χ0v) is 19.7. The zero-order chi connectivity index (χ0) is 20.9. The summed E-state index contributed by atoms with van der Waals surface area (Å²) >= 11 is 1.77. The molecule has 30 heavy (non-hydrogen) atoms. The number of thioether (sulfide) groups is 1. The van der Waals surface area contributed by atoms with Gasteiger partial charge in [0, 0.05) is 30.3 Å². The molecule has 0 aromatic heterocycles. The Morgan fingerprint density at radius 2 is 0.967 bits per heavy atom. The zero-order valence-electron chi connectivity index (χ0n) is 18.0. The van der Waals surface area contributed by atoms with Crippen molar-refractivity contribution in [3.8, 4) is 10.9 Å². The summed E-state index contributed by atoms with van der Waals surface area (Å²) in [5.41, 5.74) is 8.18. The topological polar surface area (TPSA) is 0 Å². The van der Waals surface area contributed by atoms with Crippen LogP contribution in [0.5, 0.6) is 0 Å². The molecule has 0 aliphatic rings. The molecule has 0 saturated heterocycles. The molecule has 0 bridgehead atoms. The Bertz CT molecular complexity index is 804. The number of benzene rings is 3. The molecule has 0 heterocycles. The lowest BCUT2D eigenvalue weighted by Gasteiger charge is -2.22. The van der Waals surface area contributed by atoms with Crippen LogP contribution < -0.4 is 0 Å². The van der Waals surface area contributed by atoms with Gasteiger partial charge in [-0.2, -0.15) is 0 Å². The van der Waals surface area contributed by atoms with Crippen LogP contribution in [0.15, 0.2) is 91.0 Å². The van der Waals surface area contributed by atoms with Gasteiger partial charge in [-0.15, -0.1) is 0 Å². The molecule has 3 aromatic rings. The van der Waals surface area contributed by atoms with E-state index in [0.717, 1.165) is 25.0 Å². The third kappa shape index (κ3) is 7.68. The minimum Gasteiger partial charge on any atom is -0.0717 e. The van der Waals surface area contributed by atoms with Crippen molar-refractivity contribution < 1.29 is 0 Å². The van der Waals surface area contributed by atoms with Crippen LogP contribution in [-0.2, 0) is 19.3 Å². The lowest BCUT2D eigenvalue weighted by Crippen LogP contribution is -2.12. The van der Waals surface area contributed by atoms with E-state index in [1.54, 1.807) is 11.8 Å². The van der Waals surface area contributed by atoms with Crippen molar-refractivity contribution in [2.75, 3.05) is 24.2 Å². The molecule has 0 unspecified atom stereocenters. The fraction of sp³-hybridized carbons (Fsp3) is 0.286. The van der Waals surface area contributed by atoms with Crippen LogP contribution in [-0.4, -0.2) is 24.2 Å². The van der Waals surface area contributed by atoms with E-state index >= 15 is 0 Å². The van der Waals surface area contributed by atoms with Crippen molar-refractivity contribution in [3.05, 3.63) is 108 Å². The van der Waals surface area contributed by atoms with Gasteiger partial charge in [0.05, 0.1) is 31.4 Å². The summed E-state index contributed by atoms with van der Waals surface area (Å²) in [5.74, 6) is 1.06. The van der Waals surface area contributed by atoms with E-state index < -0.39 is 7.26 Å². The standard InChI is InChI=1S/C28H32PS/c1-2-30-25-24-29(21-18-26-12-6-3-7-13-26,22-19-27-14-8-4-9-15-27)23-20-28-16-10-5-11-17-28/h3-17H,2,18-23H2,1H3/q+1. The molecule has 0 N–H and O–H groups in total. The van der Waals surface area contributed by atoms with Gasteiger partial charge < -0.3 is 0 Å². The van der Waals surface area contributed by atoms with Crippen molar-refractivity contribution in [2.24, 2.45) is 0 Å². The average molecular weight is 432 g/mol. The summed E-state index contributed by atoms with van der Waals surface area (Å²) in [7, 11) is -1.40. The molecule has 0 nitrogen and oxygen atoms in total. The van der Waals surface area contributed by atoms with E-state index in [1.807, 2.05) is 0 Å². The molecule has 3 aromatic carbocycles. The molecular formula is C28H32PS+. The largest absolute Gasteiger partial charge is 0.0940 e. The van der Waals surface area contributed by atoms with Gasteiger partial charge in [-0.05, 0) is 16.7 Å². The van der Waals surface area contributed by atoms with Gasteiger partial charge in [-0.25, -0.2) is 0 Å². The number of hydrogen-bond acceptors (Lipinski definition) is 1. The molecule has 0 spiro atoms. The van der Waals surface area contributed by atoms with Gasteiger partial charge in [0.15, 0.2) is 0 Å². The number of aryl methyl sites for hydroxylation is 3. The predicted octanol–water partition coefficient (Wildman–Crippen LogP) is 7.40. The molecular weight excluding hydrogens is 399 g/mol. The highest BCUT2D eigenvalue weighted by Gasteiger charge is 2.35. The molecule has 0 aliphatic heterocycles. The van der Waals surface area contributed by atoms with Crippen LogP contribution >= 0.6 is 19.0 Å². The molecule has 3 rings (SSSR count). The SMILES string of the molecule is CCSC#C[P+](CCc1ccccc1)(CCc1ccccc1)CCc1ccccc1. The van der Waals surface area contributed by atoms with Crippen LogP contribution in [0.3, 0.4) is 0 Å². The van der Waals surface area contributed by atoms with Crippen molar-refractivity contribution >= 4 is 19.0 Å². The van der Waals surface area contributed by atoms with E-state index in [0.29, 0.717) is 0 Å². The van der Waals surface area contributed by atoms with Gasteiger partial charge >= 0.3 is 0 Å². The third-order valence-electron chi connectivity index (χ3n) is 5.51. The summed E-state index contributed by atoms with van der Waals surface area (Å²) < 4.78 is 0. The highest BCUT2D eigenvalue weighted by Crippen LogP contribution is 2.59. The second-order valence-electron chi connectivity index (χ2n) is 7.67. The molecule has 0 fully saturated rings. The van der Waals surface area contributed by atoms with Gasteiger partial charge in [-0.1, -0.05) is 110 Å². The van der Waals surface area contributed by atoms with Crippen molar-refractivity contribution in [3.63, 3.8) is 0 Å². The van der Waals surface area contributed by atoms with Crippen LogP contribution in [0.25, 0.3) is 0 Å². The smallest absolute Gasteiger partial charge is 0.0717 e. The van der Waals surface area contributed by atoms with Crippen LogP contribution in [0.4, 0.5) is 0 Å². The maximum absolute atomic E-state index is 3.87. The van der Waals surface area contributed by atoms with E-state index in [4.69, 9.17) is 0 Å². The molecule has 0 amide bonds. The Morgan fingerprint density at radius 3 is 1.30 bits per heavy atom. The first kappa shape index (κ1) is 22.7. The maximum Gasteiger partial charge on any atom is 0.0940 e. The molecule has 0 radical (unpaired) electrons. The number of hydrogen-bond donors (Lipinski definition) is 0. The Balaban J connectivity index is 1.81. The minimum absolute atomic E-state index is 1.06. The second kappa shape index (κ2) is 12.6. The van der Waals surface area contributed by atoms with Gasteiger partial charge in [0.25, 0.3) is 0 Å². The van der Waals surface area contributed by atoms with Crippen LogP contribution in [0, 0.1) is 10.9 Å². The normalized spacial score (nSPS) is 11.0. The summed E-state index contributed by atoms with van der Waals surface area (Å²) in [5, 5.41) is 3.50. The minimum atomic E-state index is -1.40. The molecule has 154 valence electrons. The Kier molecular flexibility index (Phi) is 9.56. The summed E-state index contributed by atoms with van der Waals surface area (Å²) in [6.45, 7) is 2.19. The van der Waals surface area contributed by atoms with E-state index in [-0.39, 0.29) is 0 Å². The Morgan fingerprint density at radius 1 is 0.600 bits per heavy atom. The van der Waals surface area contributed by atoms with Crippen molar-refractivity contribution in [1.29, 1.82) is 0 Å². The predicted molar refractivity (Wildman–Crippen MR) is 138 cm³/mol. The lowest BCUT2D eigenvalue weighted by molar-refractivity contribution is 1.05. The van der Waals surface area contributed by atoms with Crippen molar-refractivity contribution in [1.82, 2.24) is 0 Å². The van der Waals surface area contributed by atoms with Crippen LogP contribution in [0.2, 0.25) is 0 Å². The van der Waals surface area contributed by atoms with Crippen LogP contribution in [0.1, 0.15) is 23.6 Å². The van der Waals surface area contributed by atoms with Gasteiger partial charge in [-0.3, -0.25) is 0 Å². The summed E-state index contributed by atoms with van der Waals surface area (Å²) in [6, 6.07) is 32.8. The number of rotatable bonds is 10. The Labute approximate surface area is 187 Å². The highest BCUT2D eigenvalue weighted by atomic mass is 32.2. The average Bonchev–Trinajstić information content (AvgIpc) is 2.82. The summed E-state index contributed by atoms with van der Waals surface area (Å²) in [6.07, 6.45) is 7.03. The fourth-order valence-electron chi connectivity index (χ4n) is 3.67.